The molecule has 145 heavy (non-hydrogen) atoms. The summed E-state index contributed by atoms with van der Waals surface area (Å²) in [6, 6.07) is 39.0. The number of aryl methyl sites for hydroxylation is 4. The van der Waals surface area contributed by atoms with Gasteiger partial charge in [0.2, 0.25) is 32.8 Å². The van der Waals surface area contributed by atoms with Gasteiger partial charge in [0.15, 0.2) is 10.7 Å². The standard InChI is InChI=1S/C27H34N6O4.C25H26F3N5O2.C24H25F3N6O3S.C24H23F3N4O4S/c1-18-5-6-19(28-25(34)22-16-23(37-31-22)27(2,3)4)15-20(18)21-17-24(32-7-11-35-12-8-32)30-26(29-21)33-9-13-36-14-10-33;1-3-29-24-31-21(15-22(32-24)33-9-11-35-12-10-33)20-14-19(8-7-16(20)2)30-23(34)17-5-4-6-18(13-17)25(26,27)28;1-15-2-3-16(28-21(34)19-14-37-22(29-19)24(25,26)27)12-17(15)18-13-20(32-4-8-35-9-5-32)31-23(30-18)33-6-10-36-11-7-33;1-15-6-7-18(28-22(32)16-4-3-5-17(12-16)24(25,26)27)13-19(15)20-14-21(31-8-10-35-11-9-31)30-23(29-20)36(2,33)34/h5-6,15-17H,7-14H2,1-4H3,(H,28,34);4-8,13-15H,3,9-12H2,1-2H3,(H,30,34)(H,29,31,32);2-3,12-14H,4-11H2,1H3,(H,28,34);3-7,12-14H,8-11H2,1-2H3,(H,28,32). The maximum Gasteiger partial charge on any atom is 0.443 e. The molecule has 45 heteroatoms. The monoisotopic (exact) mass is 2050 g/mol. The normalized spacial score (nSPS) is 15.5. The molecule has 6 aliphatic heterocycles. The summed E-state index contributed by atoms with van der Waals surface area (Å²) in [6.07, 6.45) is -12.7. The van der Waals surface area contributed by atoms with Gasteiger partial charge in [-0.1, -0.05) is 62.3 Å². The molecule has 5 N–H and O–H groups in total. The number of amides is 4. The molecule has 0 unspecified atom stereocenters. The van der Waals surface area contributed by atoms with E-state index >= 15 is 0 Å². The number of nitrogens with zero attached hydrogens (tertiary/aromatic N) is 16. The van der Waals surface area contributed by atoms with Gasteiger partial charge in [0.25, 0.3) is 23.6 Å². The second kappa shape index (κ2) is 46.4. The zero-order valence-electron chi connectivity index (χ0n) is 80.9. The van der Waals surface area contributed by atoms with E-state index in [0.717, 1.165) is 124 Å². The number of aromatic nitrogens is 10. The number of hydrogen-bond acceptors (Lipinski definition) is 31. The minimum atomic E-state index is -4.59. The lowest BCUT2D eigenvalue weighted by Crippen LogP contribution is -2.39. The van der Waals surface area contributed by atoms with E-state index in [9.17, 15) is 67.1 Å². The number of alkyl halides is 9. The van der Waals surface area contributed by atoms with Crippen LogP contribution in [-0.2, 0) is 62.2 Å². The second-order valence-electron chi connectivity index (χ2n) is 35.5. The third kappa shape index (κ3) is 27.8. The van der Waals surface area contributed by atoms with Gasteiger partial charge in [-0.3, -0.25) is 19.2 Å². The molecule has 4 amide bonds. The van der Waals surface area contributed by atoms with Crippen molar-refractivity contribution in [1.82, 2.24) is 50.0 Å². The summed E-state index contributed by atoms with van der Waals surface area (Å²) in [4.78, 5) is 104. The van der Waals surface area contributed by atoms with Gasteiger partial charge in [-0.25, -0.2) is 38.3 Å². The number of halogens is 9. The van der Waals surface area contributed by atoms with Crippen LogP contribution in [-0.4, -0.2) is 253 Å². The molecule has 0 atom stereocenters. The van der Waals surface area contributed by atoms with Crippen LogP contribution in [0.5, 0.6) is 0 Å². The first kappa shape index (κ1) is 105. The number of sulfone groups is 1. The van der Waals surface area contributed by atoms with Crippen molar-refractivity contribution in [3.05, 3.63) is 224 Å². The van der Waals surface area contributed by atoms with Crippen LogP contribution >= 0.6 is 11.3 Å². The number of rotatable bonds is 21. The lowest BCUT2D eigenvalue weighted by atomic mass is 9.93. The number of thiazole rings is 1. The average Bonchev–Trinajstić information content (AvgIpc) is 1.78. The number of hydrogen-bond donors (Lipinski definition) is 5. The summed E-state index contributed by atoms with van der Waals surface area (Å²) in [6.45, 7) is 31.9. The molecule has 0 aliphatic carbocycles. The highest BCUT2D eigenvalue weighted by Crippen LogP contribution is 2.40. The lowest BCUT2D eigenvalue weighted by molar-refractivity contribution is -0.138. The fraction of sp³-hybridized carbons (Fsp3) is 0.380. The number of nitrogens with one attached hydrogen (secondary N) is 5. The van der Waals surface area contributed by atoms with Crippen LogP contribution in [0, 0.1) is 27.7 Å². The first-order chi connectivity index (χ1) is 69.2. The molecule has 0 radical (unpaired) electrons. The number of benzene rings is 6. The van der Waals surface area contributed by atoms with Crippen molar-refractivity contribution < 1.29 is 100 Å². The number of ether oxygens (including phenoxy) is 6. The highest BCUT2D eigenvalue weighted by atomic mass is 32.2. The Labute approximate surface area is 834 Å². The Kier molecular flexibility index (Phi) is 33.7. The van der Waals surface area contributed by atoms with Crippen molar-refractivity contribution in [2.45, 2.75) is 84.5 Å². The topological polar surface area (TPSA) is 379 Å². The lowest BCUT2D eigenvalue weighted by Gasteiger charge is -2.31. The zero-order chi connectivity index (χ0) is 103. The molecule has 12 aromatic rings. The Bertz CT molecular complexity index is 6470. The van der Waals surface area contributed by atoms with Gasteiger partial charge in [0, 0.05) is 189 Å². The maximum absolute atomic E-state index is 13.0. The SMILES string of the molecule is CCNc1nc(-c2cc(NC(=O)c3cccc(C(F)(F)F)c3)ccc2C)cc(N2CCOCC2)n1.Cc1ccc(NC(=O)c2cc(C(C)(C)C)on2)cc1-c1cc(N2CCOCC2)nc(N2CCOCC2)n1.Cc1ccc(NC(=O)c2cccc(C(F)(F)F)c2)cc1-c1cc(N2CCOCC2)nc(S(C)(=O)=O)n1.Cc1ccc(NC(=O)c2csc(C(F)(F)F)n2)cc1-c1cc(N2CCOCC2)nc(N2CCOCC2)n1. The van der Waals surface area contributed by atoms with E-state index in [1.165, 1.54) is 24.3 Å². The Morgan fingerprint density at radius 1 is 0.372 bits per heavy atom. The van der Waals surface area contributed by atoms with E-state index in [1.54, 1.807) is 61.5 Å². The molecule has 0 saturated carbocycles. The van der Waals surface area contributed by atoms with Crippen molar-refractivity contribution in [2.75, 3.05) is 227 Å². The molecule has 12 heterocycles. The number of carbonyl (C=O) groups excluding carboxylic acids is 4. The molecular formula is C100H108F9N21O13S2. The molecule has 6 aliphatic rings. The minimum Gasteiger partial charge on any atom is -0.378 e. The molecular weight excluding hydrogens is 1940 g/mol. The Hall–Kier alpha value is -14.0. The summed E-state index contributed by atoms with van der Waals surface area (Å²) >= 11 is 0.387. The third-order valence-electron chi connectivity index (χ3n) is 23.9. The maximum atomic E-state index is 13.0. The van der Waals surface area contributed by atoms with Crippen molar-refractivity contribution in [3.8, 4) is 45.0 Å². The van der Waals surface area contributed by atoms with Gasteiger partial charge in [-0.15, -0.1) is 11.3 Å². The van der Waals surface area contributed by atoms with E-state index in [0.29, 0.717) is 224 Å². The summed E-state index contributed by atoms with van der Waals surface area (Å²) in [5.74, 6) is 2.91. The smallest absolute Gasteiger partial charge is 0.378 e. The van der Waals surface area contributed by atoms with Crippen molar-refractivity contribution in [1.29, 1.82) is 0 Å². The molecule has 6 fully saturated rings. The summed E-state index contributed by atoms with van der Waals surface area (Å²) in [7, 11) is -3.73. The molecule has 18 rings (SSSR count). The largest absolute Gasteiger partial charge is 0.443 e. The van der Waals surface area contributed by atoms with Crippen molar-refractivity contribution in [2.24, 2.45) is 0 Å². The second-order valence-corrected chi connectivity index (χ2v) is 38.3. The van der Waals surface area contributed by atoms with Gasteiger partial charge >= 0.3 is 18.5 Å². The van der Waals surface area contributed by atoms with Crippen LogP contribution in [0.15, 0.2) is 167 Å². The van der Waals surface area contributed by atoms with Crippen LogP contribution in [0.4, 0.5) is 103 Å². The van der Waals surface area contributed by atoms with Gasteiger partial charge in [0.05, 0.1) is 113 Å². The number of morpholine rings is 6. The van der Waals surface area contributed by atoms with Crippen molar-refractivity contribution >= 4 is 109 Å². The summed E-state index contributed by atoms with van der Waals surface area (Å²) in [5.41, 5.74) is 8.71. The molecule has 0 bridgehead atoms. The molecule has 0 spiro atoms. The zero-order valence-corrected chi connectivity index (χ0v) is 82.5. The highest BCUT2D eigenvalue weighted by Gasteiger charge is 2.37. The van der Waals surface area contributed by atoms with Crippen LogP contribution in [0.3, 0.4) is 0 Å². The predicted octanol–water partition coefficient (Wildman–Crippen LogP) is 16.5. The van der Waals surface area contributed by atoms with E-state index in [1.807, 2.05) is 102 Å². The van der Waals surface area contributed by atoms with Crippen LogP contribution in [0.25, 0.3) is 45.0 Å². The molecule has 6 aromatic carbocycles. The minimum absolute atomic E-state index is 0.0759. The summed E-state index contributed by atoms with van der Waals surface area (Å²) in [5, 5.41) is 17.7. The van der Waals surface area contributed by atoms with Gasteiger partial charge in [-0.05, 0) is 142 Å². The molecule has 6 aromatic heterocycles. The number of carbonyl (C=O) groups is 4. The molecule has 34 nitrogen and oxygen atoms in total. The fourth-order valence-corrected chi connectivity index (χ4v) is 17.1. The van der Waals surface area contributed by atoms with Gasteiger partial charge < -0.3 is 88.9 Å². The Morgan fingerprint density at radius 3 is 1.03 bits per heavy atom. The first-order valence-corrected chi connectivity index (χ1v) is 49.5. The predicted molar refractivity (Wildman–Crippen MR) is 531 cm³/mol. The van der Waals surface area contributed by atoms with Crippen LogP contribution in [0.2, 0.25) is 0 Å². The number of anilines is 11. The van der Waals surface area contributed by atoms with Gasteiger partial charge in [0.1, 0.15) is 34.7 Å². The van der Waals surface area contributed by atoms with E-state index in [-0.39, 0.29) is 39.0 Å². The first-order valence-electron chi connectivity index (χ1n) is 46.7. The van der Waals surface area contributed by atoms with Crippen LogP contribution < -0.4 is 56.0 Å². The van der Waals surface area contributed by atoms with Crippen molar-refractivity contribution in [3.63, 3.8) is 0 Å². The Balaban J connectivity index is 0.000000145. The van der Waals surface area contributed by atoms with E-state index in [4.69, 9.17) is 52.9 Å². The van der Waals surface area contributed by atoms with E-state index in [2.05, 4.69) is 81.2 Å². The van der Waals surface area contributed by atoms with E-state index < -0.39 is 62.2 Å². The van der Waals surface area contributed by atoms with Gasteiger partial charge in [-0.2, -0.15) is 54.5 Å². The highest BCUT2D eigenvalue weighted by molar-refractivity contribution is 7.90. The Morgan fingerprint density at radius 2 is 0.703 bits per heavy atom. The summed E-state index contributed by atoms with van der Waals surface area (Å²) < 4.78 is 180. The van der Waals surface area contributed by atoms with Crippen LogP contribution in [0.1, 0.15) is 114 Å². The fourth-order valence-electron chi connectivity index (χ4n) is 15.9. The quantitative estimate of drug-likeness (QED) is 0.0329. The molecule has 766 valence electrons. The third-order valence-corrected chi connectivity index (χ3v) is 25.6. The average molecular weight is 2050 g/mol. The molecule has 6 saturated heterocycles.